The summed E-state index contributed by atoms with van der Waals surface area (Å²) in [4.78, 5) is 15.3. The number of hydrogen-bond donors (Lipinski definition) is 0. The lowest BCUT2D eigenvalue weighted by molar-refractivity contribution is -0.128. The maximum absolute atomic E-state index is 11.2. The van der Waals surface area contributed by atoms with Gasteiger partial charge in [-0.2, -0.15) is 0 Å². The highest BCUT2D eigenvalue weighted by molar-refractivity contribution is 5.73. The van der Waals surface area contributed by atoms with Crippen LogP contribution in [-0.2, 0) is 4.79 Å². The summed E-state index contributed by atoms with van der Waals surface area (Å²) < 4.78 is 0. The summed E-state index contributed by atoms with van der Waals surface area (Å²) in [5.74, 6) is 2.90. The van der Waals surface area contributed by atoms with E-state index in [9.17, 15) is 4.79 Å². The molecular weight excluding hydrogens is 176 g/mol. The molecule has 0 radical (unpaired) electrons. The molecule has 1 amide bonds. The first-order valence-electron chi connectivity index (χ1n) is 5.11. The maximum atomic E-state index is 11.2. The highest BCUT2D eigenvalue weighted by atomic mass is 16.2. The van der Waals surface area contributed by atoms with E-state index in [1.54, 1.807) is 6.92 Å². The Morgan fingerprint density at radius 1 is 1.36 bits per heavy atom. The summed E-state index contributed by atoms with van der Waals surface area (Å²) in [6, 6.07) is 0.182. The van der Waals surface area contributed by atoms with Crippen molar-refractivity contribution in [3.63, 3.8) is 0 Å². The quantitative estimate of drug-likeness (QED) is 0.570. The van der Waals surface area contributed by atoms with Crippen LogP contribution in [0.4, 0.5) is 0 Å². The van der Waals surface area contributed by atoms with Gasteiger partial charge in [-0.1, -0.05) is 5.92 Å². The molecule has 3 heteroatoms. The zero-order valence-electron chi connectivity index (χ0n) is 8.99. The smallest absolute Gasteiger partial charge is 0.219 e. The number of rotatable bonds is 1. The van der Waals surface area contributed by atoms with Gasteiger partial charge in [-0.05, 0) is 13.3 Å². The van der Waals surface area contributed by atoms with Crippen LogP contribution in [-0.4, -0.2) is 47.9 Å². The Kier molecular flexibility index (Phi) is 3.97. The Hall–Kier alpha value is -1.01. The number of terminal acetylenes is 1. The van der Waals surface area contributed by atoms with Gasteiger partial charge in [0.1, 0.15) is 0 Å². The van der Waals surface area contributed by atoms with Crippen LogP contribution in [0.2, 0.25) is 0 Å². The molecule has 78 valence electrons. The van der Waals surface area contributed by atoms with Gasteiger partial charge in [-0.3, -0.25) is 9.69 Å². The van der Waals surface area contributed by atoms with Crippen LogP contribution in [0, 0.1) is 12.3 Å². The van der Waals surface area contributed by atoms with E-state index in [0.29, 0.717) is 0 Å². The van der Waals surface area contributed by atoms with Crippen LogP contribution >= 0.6 is 0 Å². The highest BCUT2D eigenvalue weighted by Gasteiger charge is 2.18. The summed E-state index contributed by atoms with van der Waals surface area (Å²) in [6.45, 7) is 7.22. The predicted octanol–water partition coefficient (Wildman–Crippen LogP) is 0.562. The molecule has 1 aliphatic heterocycles. The third-order valence-corrected chi connectivity index (χ3v) is 2.76. The molecule has 3 nitrogen and oxygen atoms in total. The molecule has 1 atom stereocenters. The second-order valence-corrected chi connectivity index (χ2v) is 3.74. The minimum atomic E-state index is 0.167. The molecule has 0 N–H and O–H groups in total. The Balaban J connectivity index is 2.49. The topological polar surface area (TPSA) is 23.6 Å². The molecule has 0 aromatic rings. The fourth-order valence-corrected chi connectivity index (χ4v) is 1.75. The first kappa shape index (κ1) is 11.1. The van der Waals surface area contributed by atoms with Crippen molar-refractivity contribution in [3.05, 3.63) is 0 Å². The molecule has 0 aliphatic carbocycles. The van der Waals surface area contributed by atoms with Gasteiger partial charge in [0.2, 0.25) is 5.91 Å². The number of nitrogens with zero attached hydrogens (tertiary/aromatic N) is 2. The van der Waals surface area contributed by atoms with Gasteiger partial charge in [-0.25, -0.2) is 0 Å². The van der Waals surface area contributed by atoms with E-state index in [2.05, 4.69) is 10.8 Å². The predicted molar refractivity (Wildman–Crippen MR) is 56.7 cm³/mol. The Labute approximate surface area is 86.1 Å². The molecule has 0 saturated carbocycles. The normalized spacial score (nSPS) is 21.1. The number of carbonyl (C=O) groups excluding carboxylic acids is 1. The summed E-state index contributed by atoms with van der Waals surface area (Å²) in [5.41, 5.74) is 0. The molecule has 0 aromatic heterocycles. The van der Waals surface area contributed by atoms with E-state index >= 15 is 0 Å². The van der Waals surface area contributed by atoms with Crippen LogP contribution in [0.5, 0.6) is 0 Å². The van der Waals surface area contributed by atoms with Gasteiger partial charge in [0.25, 0.3) is 0 Å². The van der Waals surface area contributed by atoms with E-state index in [-0.39, 0.29) is 11.9 Å². The van der Waals surface area contributed by atoms with Crippen molar-refractivity contribution in [2.24, 2.45) is 0 Å². The van der Waals surface area contributed by atoms with Crippen molar-refractivity contribution in [1.29, 1.82) is 0 Å². The molecule has 14 heavy (non-hydrogen) atoms. The molecule has 1 heterocycles. The molecule has 0 spiro atoms. The molecule has 0 bridgehead atoms. The summed E-state index contributed by atoms with van der Waals surface area (Å²) in [7, 11) is 0. The second-order valence-electron chi connectivity index (χ2n) is 3.74. The van der Waals surface area contributed by atoms with Crippen molar-refractivity contribution < 1.29 is 4.79 Å². The first-order valence-corrected chi connectivity index (χ1v) is 5.11. The zero-order chi connectivity index (χ0) is 10.6. The van der Waals surface area contributed by atoms with Crippen molar-refractivity contribution in [2.75, 3.05) is 26.2 Å². The van der Waals surface area contributed by atoms with Gasteiger partial charge in [0.15, 0.2) is 0 Å². The molecule has 1 saturated heterocycles. The van der Waals surface area contributed by atoms with Crippen molar-refractivity contribution in [3.8, 4) is 12.3 Å². The van der Waals surface area contributed by atoms with Crippen LogP contribution in [0.15, 0.2) is 0 Å². The Morgan fingerprint density at radius 2 is 2.07 bits per heavy atom. The minimum absolute atomic E-state index is 0.167. The molecule has 1 fully saturated rings. The summed E-state index contributed by atoms with van der Waals surface area (Å²) in [5, 5.41) is 0. The molecule has 0 aromatic carbocycles. The van der Waals surface area contributed by atoms with Gasteiger partial charge in [-0.15, -0.1) is 6.42 Å². The molecule has 1 unspecified atom stereocenters. The van der Waals surface area contributed by atoms with Gasteiger partial charge in [0.05, 0.1) is 6.04 Å². The van der Waals surface area contributed by atoms with Crippen molar-refractivity contribution >= 4 is 5.91 Å². The number of hydrogen-bond acceptors (Lipinski definition) is 2. The van der Waals surface area contributed by atoms with E-state index in [0.717, 1.165) is 32.6 Å². The third-order valence-electron chi connectivity index (χ3n) is 2.76. The van der Waals surface area contributed by atoms with E-state index in [1.807, 2.05) is 11.8 Å². The minimum Gasteiger partial charge on any atom is -0.342 e. The van der Waals surface area contributed by atoms with Gasteiger partial charge >= 0.3 is 0 Å². The Bertz CT molecular complexity index is 244. The monoisotopic (exact) mass is 194 g/mol. The fourth-order valence-electron chi connectivity index (χ4n) is 1.75. The van der Waals surface area contributed by atoms with E-state index < -0.39 is 0 Å². The maximum Gasteiger partial charge on any atom is 0.219 e. The Morgan fingerprint density at radius 3 is 2.64 bits per heavy atom. The molecule has 1 rings (SSSR count). The lowest BCUT2D eigenvalue weighted by atomic mass is 10.3. The first-order chi connectivity index (χ1) is 6.65. The average Bonchev–Trinajstić information content (AvgIpc) is 2.41. The highest BCUT2D eigenvalue weighted by Crippen LogP contribution is 2.06. The van der Waals surface area contributed by atoms with Crippen LogP contribution in [0.1, 0.15) is 20.3 Å². The standard InChI is InChI=1S/C11H18N2O/c1-4-10(2)12-6-5-7-13(9-8-12)11(3)14/h1,10H,5-9H2,2-3H3. The van der Waals surface area contributed by atoms with Crippen LogP contribution in [0.3, 0.4) is 0 Å². The van der Waals surface area contributed by atoms with Gasteiger partial charge < -0.3 is 4.90 Å². The van der Waals surface area contributed by atoms with Crippen molar-refractivity contribution in [2.45, 2.75) is 26.3 Å². The zero-order valence-corrected chi connectivity index (χ0v) is 8.99. The van der Waals surface area contributed by atoms with E-state index in [1.165, 1.54) is 0 Å². The van der Waals surface area contributed by atoms with Gasteiger partial charge in [0, 0.05) is 33.1 Å². The van der Waals surface area contributed by atoms with Crippen molar-refractivity contribution in [1.82, 2.24) is 9.80 Å². The largest absolute Gasteiger partial charge is 0.342 e. The van der Waals surface area contributed by atoms with E-state index in [4.69, 9.17) is 6.42 Å². The van der Waals surface area contributed by atoms with Crippen LogP contribution in [0.25, 0.3) is 0 Å². The second kappa shape index (κ2) is 5.02. The molecular formula is C11H18N2O. The lowest BCUT2D eigenvalue weighted by Gasteiger charge is -2.23. The third kappa shape index (κ3) is 2.74. The number of carbonyl (C=O) groups is 1. The SMILES string of the molecule is C#CC(C)N1CCCN(C(C)=O)CC1. The fraction of sp³-hybridized carbons (Fsp3) is 0.727. The number of amides is 1. The molecule has 1 aliphatic rings. The summed E-state index contributed by atoms with van der Waals surface area (Å²) in [6.07, 6.45) is 6.40. The van der Waals surface area contributed by atoms with Crippen LogP contribution < -0.4 is 0 Å². The average molecular weight is 194 g/mol. The lowest BCUT2D eigenvalue weighted by Crippen LogP contribution is -2.37. The summed E-state index contributed by atoms with van der Waals surface area (Å²) >= 11 is 0.